The highest BCUT2D eigenvalue weighted by Crippen LogP contribution is 2.31. The van der Waals surface area contributed by atoms with Crippen LogP contribution in [0.3, 0.4) is 0 Å². The minimum atomic E-state index is -0.813. The SMILES string of the molecule is Cn1cc(N2CCC(N3CCC(O)(Cc4cccc(Cl)c4)C3)C2=O)cn1. The number of hydrogen-bond donors (Lipinski definition) is 1. The third kappa shape index (κ3) is 3.37. The second-order valence-corrected chi connectivity index (χ2v) is 7.85. The van der Waals surface area contributed by atoms with Crippen molar-refractivity contribution in [3.05, 3.63) is 47.2 Å². The number of rotatable bonds is 4. The van der Waals surface area contributed by atoms with Crippen molar-refractivity contribution >= 4 is 23.2 Å². The average Bonchev–Trinajstić information content (AvgIpc) is 3.27. The largest absolute Gasteiger partial charge is 0.388 e. The molecule has 0 bridgehead atoms. The zero-order chi connectivity index (χ0) is 18.3. The molecule has 4 rings (SSSR count). The molecule has 2 fully saturated rings. The number of hydrogen-bond acceptors (Lipinski definition) is 4. The molecule has 2 aromatic rings. The normalized spacial score (nSPS) is 26.8. The summed E-state index contributed by atoms with van der Waals surface area (Å²) in [6, 6.07) is 7.45. The standard InChI is InChI=1S/C19H23ClN4O2/c1-22-12-16(11-21-22)24-7-5-17(18(24)25)23-8-6-19(26,13-23)10-14-3-2-4-15(20)9-14/h2-4,9,11-12,17,26H,5-8,10,13H2,1H3. The lowest BCUT2D eigenvalue weighted by molar-refractivity contribution is -0.121. The fraction of sp³-hybridized carbons (Fsp3) is 0.474. The first-order valence-electron chi connectivity index (χ1n) is 8.94. The Morgan fingerprint density at radius 1 is 1.38 bits per heavy atom. The first kappa shape index (κ1) is 17.5. The number of halogens is 1. The van der Waals surface area contributed by atoms with Crippen LogP contribution in [0.15, 0.2) is 36.7 Å². The number of carbonyl (C=O) groups excluding carboxylic acids is 1. The molecular formula is C19H23ClN4O2. The molecule has 1 amide bonds. The van der Waals surface area contributed by atoms with Gasteiger partial charge in [0.05, 0.1) is 23.5 Å². The minimum Gasteiger partial charge on any atom is -0.388 e. The van der Waals surface area contributed by atoms with Gasteiger partial charge in [-0.05, 0) is 30.5 Å². The molecule has 6 nitrogen and oxygen atoms in total. The Morgan fingerprint density at radius 3 is 2.96 bits per heavy atom. The molecule has 0 saturated carbocycles. The van der Waals surface area contributed by atoms with Crippen molar-refractivity contribution in [1.29, 1.82) is 0 Å². The summed E-state index contributed by atoms with van der Waals surface area (Å²) < 4.78 is 1.70. The summed E-state index contributed by atoms with van der Waals surface area (Å²) in [6.07, 6.45) is 5.58. The molecule has 1 aromatic heterocycles. The molecule has 0 spiro atoms. The van der Waals surface area contributed by atoms with Crippen LogP contribution in [0, 0.1) is 0 Å². The van der Waals surface area contributed by atoms with Gasteiger partial charge in [0.1, 0.15) is 0 Å². The van der Waals surface area contributed by atoms with Crippen molar-refractivity contribution in [1.82, 2.24) is 14.7 Å². The highest BCUT2D eigenvalue weighted by atomic mass is 35.5. The van der Waals surface area contributed by atoms with E-state index in [4.69, 9.17) is 11.6 Å². The van der Waals surface area contributed by atoms with Crippen LogP contribution in [0.5, 0.6) is 0 Å². The third-order valence-corrected chi connectivity index (χ3v) is 5.64. The Balaban J connectivity index is 1.43. The Labute approximate surface area is 158 Å². The number of anilines is 1. The zero-order valence-corrected chi connectivity index (χ0v) is 15.6. The summed E-state index contributed by atoms with van der Waals surface area (Å²) in [5.74, 6) is 0.102. The lowest BCUT2D eigenvalue weighted by Crippen LogP contribution is -2.43. The number of likely N-dealkylation sites (tertiary alicyclic amines) is 1. The summed E-state index contributed by atoms with van der Waals surface area (Å²) in [5, 5.41) is 15.8. The van der Waals surface area contributed by atoms with Crippen LogP contribution in [0.25, 0.3) is 0 Å². The number of β-amino-alcohol motifs (C(OH)–C–C–N with tert-alkyl or cyclic N) is 1. The van der Waals surface area contributed by atoms with Gasteiger partial charge in [-0.3, -0.25) is 14.4 Å². The molecular weight excluding hydrogens is 352 g/mol. The molecule has 7 heteroatoms. The summed E-state index contributed by atoms with van der Waals surface area (Å²) in [7, 11) is 1.85. The first-order chi connectivity index (χ1) is 12.4. The summed E-state index contributed by atoms with van der Waals surface area (Å²) in [5.41, 5.74) is 1.05. The molecule has 2 atom stereocenters. The van der Waals surface area contributed by atoms with Crippen LogP contribution < -0.4 is 4.90 Å². The van der Waals surface area contributed by atoms with E-state index in [2.05, 4.69) is 10.00 Å². The van der Waals surface area contributed by atoms with E-state index in [-0.39, 0.29) is 11.9 Å². The van der Waals surface area contributed by atoms with Gasteiger partial charge in [0, 0.05) is 44.3 Å². The number of aliphatic hydroxyl groups is 1. The molecule has 0 aliphatic carbocycles. The monoisotopic (exact) mass is 374 g/mol. The van der Waals surface area contributed by atoms with Crippen molar-refractivity contribution in [2.24, 2.45) is 7.05 Å². The number of amides is 1. The van der Waals surface area contributed by atoms with Crippen molar-refractivity contribution in [3.63, 3.8) is 0 Å². The fourth-order valence-corrected chi connectivity index (χ4v) is 4.35. The molecule has 138 valence electrons. The predicted molar refractivity (Wildman–Crippen MR) is 100 cm³/mol. The molecule has 2 aliphatic heterocycles. The van der Waals surface area contributed by atoms with Gasteiger partial charge in [-0.1, -0.05) is 23.7 Å². The summed E-state index contributed by atoms with van der Waals surface area (Å²) in [4.78, 5) is 16.8. The van der Waals surface area contributed by atoms with Gasteiger partial charge in [-0.15, -0.1) is 0 Å². The number of benzene rings is 1. The minimum absolute atomic E-state index is 0.102. The topological polar surface area (TPSA) is 61.6 Å². The predicted octanol–water partition coefficient (Wildman–Crippen LogP) is 1.86. The first-order valence-corrected chi connectivity index (χ1v) is 9.32. The quantitative estimate of drug-likeness (QED) is 0.887. The van der Waals surface area contributed by atoms with Gasteiger partial charge in [0.25, 0.3) is 0 Å². The Kier molecular flexibility index (Phi) is 4.50. The lowest BCUT2D eigenvalue weighted by atomic mass is 9.94. The Bertz CT molecular complexity index is 823. The van der Waals surface area contributed by atoms with Gasteiger partial charge < -0.3 is 10.0 Å². The van der Waals surface area contributed by atoms with Crippen molar-refractivity contribution in [2.75, 3.05) is 24.5 Å². The van der Waals surface area contributed by atoms with E-state index in [1.165, 1.54) is 0 Å². The summed E-state index contributed by atoms with van der Waals surface area (Å²) >= 11 is 6.05. The van der Waals surface area contributed by atoms with E-state index < -0.39 is 5.60 Å². The number of carbonyl (C=O) groups is 1. The molecule has 26 heavy (non-hydrogen) atoms. The van der Waals surface area contributed by atoms with Gasteiger partial charge in [0.15, 0.2) is 0 Å². The van der Waals surface area contributed by atoms with Crippen LogP contribution in [0.4, 0.5) is 5.69 Å². The van der Waals surface area contributed by atoms with E-state index in [0.717, 1.165) is 24.2 Å². The van der Waals surface area contributed by atoms with Crippen molar-refractivity contribution in [2.45, 2.75) is 30.9 Å². The fourth-order valence-electron chi connectivity index (χ4n) is 4.13. The number of aryl methyl sites for hydroxylation is 1. The van der Waals surface area contributed by atoms with Crippen LogP contribution in [0.1, 0.15) is 18.4 Å². The van der Waals surface area contributed by atoms with E-state index in [9.17, 15) is 9.90 Å². The van der Waals surface area contributed by atoms with Gasteiger partial charge in [-0.25, -0.2) is 0 Å². The van der Waals surface area contributed by atoms with Crippen molar-refractivity contribution in [3.8, 4) is 0 Å². The van der Waals surface area contributed by atoms with Gasteiger partial charge in [0.2, 0.25) is 5.91 Å². The van der Waals surface area contributed by atoms with Gasteiger partial charge >= 0.3 is 0 Å². The Morgan fingerprint density at radius 2 is 2.23 bits per heavy atom. The van der Waals surface area contributed by atoms with Crippen LogP contribution >= 0.6 is 11.6 Å². The molecule has 1 aromatic carbocycles. The molecule has 3 heterocycles. The molecule has 2 aliphatic rings. The van der Waals surface area contributed by atoms with Gasteiger partial charge in [-0.2, -0.15) is 5.10 Å². The zero-order valence-electron chi connectivity index (χ0n) is 14.8. The maximum Gasteiger partial charge on any atom is 0.244 e. The van der Waals surface area contributed by atoms with Crippen molar-refractivity contribution < 1.29 is 9.90 Å². The van der Waals surface area contributed by atoms with Crippen LogP contribution in [0.2, 0.25) is 5.02 Å². The number of nitrogens with zero attached hydrogens (tertiary/aromatic N) is 4. The van der Waals surface area contributed by atoms with E-state index in [1.807, 2.05) is 37.5 Å². The van der Waals surface area contributed by atoms with E-state index in [0.29, 0.717) is 31.0 Å². The molecule has 2 saturated heterocycles. The maximum atomic E-state index is 12.9. The average molecular weight is 375 g/mol. The summed E-state index contributed by atoms with van der Waals surface area (Å²) in [6.45, 7) is 1.93. The molecule has 0 radical (unpaired) electrons. The second-order valence-electron chi connectivity index (χ2n) is 7.42. The number of aromatic nitrogens is 2. The molecule has 1 N–H and O–H groups in total. The maximum absolute atomic E-state index is 12.9. The van der Waals surface area contributed by atoms with E-state index in [1.54, 1.807) is 15.8 Å². The van der Waals surface area contributed by atoms with Crippen LogP contribution in [-0.2, 0) is 18.3 Å². The highest BCUT2D eigenvalue weighted by molar-refractivity contribution is 6.30. The van der Waals surface area contributed by atoms with E-state index >= 15 is 0 Å². The molecule has 2 unspecified atom stereocenters. The smallest absolute Gasteiger partial charge is 0.244 e. The second kappa shape index (κ2) is 6.68. The van der Waals surface area contributed by atoms with Crippen LogP contribution in [-0.4, -0.2) is 57.0 Å². The lowest BCUT2D eigenvalue weighted by Gasteiger charge is -2.26. The highest BCUT2D eigenvalue weighted by Gasteiger charge is 2.44. The Hall–Kier alpha value is -1.89. The third-order valence-electron chi connectivity index (χ3n) is 5.40.